The highest BCUT2D eigenvalue weighted by molar-refractivity contribution is 6.00. The highest BCUT2D eigenvalue weighted by atomic mass is 15.1. The van der Waals surface area contributed by atoms with E-state index in [0.717, 1.165) is 17.8 Å². The maximum Gasteiger partial charge on any atom is 0.0540 e. The molecule has 0 aliphatic heterocycles. The second-order valence-corrected chi connectivity index (χ2v) is 18.0. The van der Waals surface area contributed by atoms with E-state index in [9.17, 15) is 0 Å². The standard InChI is InChI=1S/C47H49N/c1-30-24-32-27-46(26-30)28-33(29-46)47(32)38-16-9-8-15-36(38)37-21-20-34(25-40(37)47)48(41-18-10-13-31-12-6-7-14-35(31)41)42-19-11-17-39-43(42)45(4,5)23-22-44(39,2)3/h6-21,25,30,32-33H,22-24,26-29H2,1-5H3. The van der Waals surface area contributed by atoms with Gasteiger partial charge in [0.15, 0.2) is 0 Å². The first-order valence-corrected chi connectivity index (χ1v) is 18.8. The molecular weight excluding hydrogens is 579 g/mol. The molecule has 0 saturated heterocycles. The predicted octanol–water partition coefficient (Wildman–Crippen LogP) is 12.8. The minimum atomic E-state index is 0.0787. The summed E-state index contributed by atoms with van der Waals surface area (Å²) in [7, 11) is 0. The Morgan fingerprint density at radius 3 is 2.12 bits per heavy atom. The highest BCUT2D eigenvalue weighted by Crippen LogP contribution is 2.75. The molecule has 11 rings (SSSR count). The number of nitrogens with zero attached hydrogens (tertiary/aromatic N) is 1. The first kappa shape index (κ1) is 29.1. The van der Waals surface area contributed by atoms with Gasteiger partial charge in [-0.2, -0.15) is 0 Å². The van der Waals surface area contributed by atoms with Crippen molar-refractivity contribution in [3.8, 4) is 11.1 Å². The number of rotatable bonds is 3. The molecule has 4 fully saturated rings. The summed E-state index contributed by atoms with van der Waals surface area (Å²) in [5, 5.41) is 2.61. The van der Waals surface area contributed by atoms with Crippen LogP contribution >= 0.6 is 0 Å². The smallest absolute Gasteiger partial charge is 0.0540 e. The van der Waals surface area contributed by atoms with Crippen LogP contribution in [0.3, 0.4) is 0 Å². The molecule has 4 saturated carbocycles. The summed E-state index contributed by atoms with van der Waals surface area (Å²) < 4.78 is 0. The van der Waals surface area contributed by atoms with E-state index >= 15 is 0 Å². The Bertz CT molecular complexity index is 2120. The van der Waals surface area contributed by atoms with E-state index in [1.165, 1.54) is 95.0 Å². The van der Waals surface area contributed by atoms with Gasteiger partial charge in [-0.15, -0.1) is 0 Å². The number of hydrogen-bond donors (Lipinski definition) is 0. The summed E-state index contributed by atoms with van der Waals surface area (Å²) in [6.07, 6.45) is 9.45. The van der Waals surface area contributed by atoms with Gasteiger partial charge >= 0.3 is 0 Å². The second kappa shape index (κ2) is 9.65. The van der Waals surface area contributed by atoms with Crippen LogP contribution in [0.2, 0.25) is 0 Å². The molecule has 0 heterocycles. The number of hydrogen-bond acceptors (Lipinski definition) is 1. The molecule has 48 heavy (non-hydrogen) atoms. The van der Waals surface area contributed by atoms with E-state index in [1.807, 2.05) is 0 Å². The van der Waals surface area contributed by atoms with Gasteiger partial charge in [-0.05, 0) is 142 Å². The van der Waals surface area contributed by atoms with Gasteiger partial charge in [0, 0.05) is 16.5 Å². The SMILES string of the molecule is CC1CC2CC3(C1)CC(C3)C21c2ccccc2-c2ccc(N(c3cccc4c3C(C)(C)CCC4(C)C)c3cccc4ccccc34)cc21. The lowest BCUT2D eigenvalue weighted by Gasteiger charge is -2.68. The molecule has 0 N–H and O–H groups in total. The van der Waals surface area contributed by atoms with Gasteiger partial charge in [0.25, 0.3) is 0 Å². The molecule has 6 aliphatic carbocycles. The molecule has 5 aromatic carbocycles. The first-order valence-electron chi connectivity index (χ1n) is 18.8. The number of benzene rings is 5. The van der Waals surface area contributed by atoms with E-state index in [4.69, 9.17) is 0 Å². The van der Waals surface area contributed by atoms with Crippen molar-refractivity contribution in [2.24, 2.45) is 23.2 Å². The first-order chi connectivity index (χ1) is 23.1. The molecule has 5 aromatic rings. The minimum absolute atomic E-state index is 0.0787. The van der Waals surface area contributed by atoms with Gasteiger partial charge < -0.3 is 4.90 Å². The maximum absolute atomic E-state index is 2.68. The molecule has 0 aromatic heterocycles. The zero-order valence-electron chi connectivity index (χ0n) is 29.4. The Labute approximate surface area is 287 Å². The molecule has 1 nitrogen and oxygen atoms in total. The van der Waals surface area contributed by atoms with Crippen molar-refractivity contribution in [3.05, 3.63) is 125 Å². The van der Waals surface area contributed by atoms with E-state index < -0.39 is 0 Å². The van der Waals surface area contributed by atoms with Crippen molar-refractivity contribution in [2.75, 3.05) is 4.90 Å². The Morgan fingerprint density at radius 2 is 1.25 bits per heavy atom. The normalized spacial score (nSPS) is 29.9. The Morgan fingerprint density at radius 1 is 0.583 bits per heavy atom. The third kappa shape index (κ3) is 3.74. The van der Waals surface area contributed by atoms with Gasteiger partial charge in [0.05, 0.1) is 11.4 Å². The van der Waals surface area contributed by atoms with Gasteiger partial charge in [-0.3, -0.25) is 0 Å². The molecule has 3 atom stereocenters. The lowest BCUT2D eigenvalue weighted by atomic mass is 9.35. The van der Waals surface area contributed by atoms with Crippen LogP contribution < -0.4 is 4.90 Å². The number of anilines is 3. The summed E-state index contributed by atoms with van der Waals surface area (Å²) in [5.74, 6) is 2.29. The average Bonchev–Trinajstić information content (AvgIpc) is 3.35. The highest BCUT2D eigenvalue weighted by Gasteiger charge is 2.67. The van der Waals surface area contributed by atoms with Crippen LogP contribution in [0.5, 0.6) is 0 Å². The van der Waals surface area contributed by atoms with Crippen LogP contribution in [0.15, 0.2) is 103 Å². The third-order valence-electron chi connectivity index (χ3n) is 14.2. The Hall–Kier alpha value is -3.84. The van der Waals surface area contributed by atoms with Crippen LogP contribution in [0.1, 0.15) is 102 Å². The van der Waals surface area contributed by atoms with E-state index in [1.54, 1.807) is 11.1 Å². The summed E-state index contributed by atoms with van der Waals surface area (Å²) in [6, 6.07) is 40.2. The molecule has 6 aliphatic rings. The number of fused-ring (bicyclic) bond motifs is 5. The molecule has 3 unspecified atom stereocenters. The molecule has 3 bridgehead atoms. The van der Waals surface area contributed by atoms with Crippen LogP contribution in [0, 0.1) is 23.2 Å². The van der Waals surface area contributed by atoms with Gasteiger partial charge in [0.1, 0.15) is 0 Å². The van der Waals surface area contributed by atoms with E-state index in [-0.39, 0.29) is 16.2 Å². The Kier molecular flexibility index (Phi) is 5.85. The summed E-state index contributed by atoms with van der Waals surface area (Å²) >= 11 is 0. The zero-order valence-corrected chi connectivity index (χ0v) is 29.4. The lowest BCUT2D eigenvalue weighted by Crippen LogP contribution is -2.62. The largest absolute Gasteiger partial charge is 0.310 e. The lowest BCUT2D eigenvalue weighted by molar-refractivity contribution is -0.135. The van der Waals surface area contributed by atoms with Crippen molar-refractivity contribution in [1.29, 1.82) is 0 Å². The van der Waals surface area contributed by atoms with Crippen LogP contribution in [-0.4, -0.2) is 0 Å². The quantitative estimate of drug-likeness (QED) is 0.192. The van der Waals surface area contributed by atoms with Gasteiger partial charge in [0.2, 0.25) is 0 Å². The third-order valence-corrected chi connectivity index (χ3v) is 14.2. The molecular formula is C47H49N. The van der Waals surface area contributed by atoms with E-state index in [0.29, 0.717) is 5.41 Å². The zero-order chi connectivity index (χ0) is 32.6. The van der Waals surface area contributed by atoms with Crippen molar-refractivity contribution in [1.82, 2.24) is 0 Å². The fourth-order valence-electron chi connectivity index (χ4n) is 12.4. The minimum Gasteiger partial charge on any atom is -0.310 e. The van der Waals surface area contributed by atoms with Crippen molar-refractivity contribution in [2.45, 2.75) is 95.8 Å². The van der Waals surface area contributed by atoms with Gasteiger partial charge in [-0.25, -0.2) is 0 Å². The van der Waals surface area contributed by atoms with E-state index in [2.05, 4.69) is 143 Å². The molecule has 242 valence electrons. The summed E-state index contributed by atoms with van der Waals surface area (Å²) in [4.78, 5) is 2.67. The monoisotopic (exact) mass is 627 g/mol. The second-order valence-electron chi connectivity index (χ2n) is 18.0. The topological polar surface area (TPSA) is 3.24 Å². The molecule has 2 spiro atoms. The van der Waals surface area contributed by atoms with Crippen LogP contribution in [-0.2, 0) is 16.2 Å². The van der Waals surface area contributed by atoms with Crippen LogP contribution in [0.4, 0.5) is 17.1 Å². The summed E-state index contributed by atoms with van der Waals surface area (Å²) in [6.45, 7) is 12.4. The summed E-state index contributed by atoms with van der Waals surface area (Å²) in [5.41, 5.74) is 14.2. The van der Waals surface area contributed by atoms with Gasteiger partial charge in [-0.1, -0.05) is 113 Å². The average molecular weight is 628 g/mol. The fourth-order valence-corrected chi connectivity index (χ4v) is 12.4. The molecule has 0 amide bonds. The molecule has 1 heteroatoms. The molecule has 0 radical (unpaired) electrons. The van der Waals surface area contributed by atoms with Crippen LogP contribution in [0.25, 0.3) is 21.9 Å². The fraction of sp³-hybridized carbons (Fsp3) is 0.404. The maximum atomic E-state index is 2.68. The van der Waals surface area contributed by atoms with Crippen molar-refractivity contribution < 1.29 is 0 Å². The Balaban J connectivity index is 1.25. The predicted molar refractivity (Wildman–Crippen MR) is 202 cm³/mol. The van der Waals surface area contributed by atoms with Crippen molar-refractivity contribution in [3.63, 3.8) is 0 Å². The van der Waals surface area contributed by atoms with Crippen molar-refractivity contribution >= 4 is 27.8 Å².